The number of aliphatic hydroxyl groups is 1. The second-order valence-electron chi connectivity index (χ2n) is 11.5. The van der Waals surface area contributed by atoms with Gasteiger partial charge < -0.3 is 30.1 Å². The van der Waals surface area contributed by atoms with E-state index in [0.717, 1.165) is 40.5 Å². The minimum Gasteiger partial charge on any atom is -0.444 e. The summed E-state index contributed by atoms with van der Waals surface area (Å²) in [6.07, 6.45) is -0.349. The number of nitrogens with one attached hydrogen (secondary N) is 2. The molecule has 0 radical (unpaired) electrons. The molecule has 3 N–H and O–H groups in total. The SMILES string of the molecule is CC(C)CN(Cc1ccc2nc(NCCN(C)C)sc2c1)CC(O)C(Cc1ccccc1)NC(=O)OC1CCOC1.S.S. The number of ether oxygens (including phenoxy) is 2. The highest BCUT2D eigenvalue weighted by molar-refractivity contribution is 7.59. The van der Waals surface area contributed by atoms with E-state index in [-0.39, 0.29) is 33.1 Å². The molecule has 240 valence electrons. The van der Waals surface area contributed by atoms with Gasteiger partial charge in [0.1, 0.15) is 6.10 Å². The number of alkyl carbamates (subject to hydrolysis) is 1. The largest absolute Gasteiger partial charge is 0.444 e. The molecule has 1 aliphatic rings. The van der Waals surface area contributed by atoms with E-state index in [1.165, 1.54) is 5.56 Å². The molecule has 0 spiro atoms. The molecular weight excluding hydrogens is 603 g/mol. The predicted octanol–water partition coefficient (Wildman–Crippen LogP) is 4.44. The number of hydrogen-bond acceptors (Lipinski definition) is 9. The van der Waals surface area contributed by atoms with Gasteiger partial charge in [-0.3, -0.25) is 4.90 Å². The van der Waals surface area contributed by atoms with E-state index < -0.39 is 18.2 Å². The highest BCUT2D eigenvalue weighted by Gasteiger charge is 2.27. The summed E-state index contributed by atoms with van der Waals surface area (Å²) in [6.45, 7) is 9.09. The topological polar surface area (TPSA) is 99.2 Å². The summed E-state index contributed by atoms with van der Waals surface area (Å²) in [4.78, 5) is 21.9. The van der Waals surface area contributed by atoms with Crippen LogP contribution in [-0.4, -0.2) is 97.7 Å². The van der Waals surface area contributed by atoms with E-state index in [4.69, 9.17) is 14.5 Å². The molecule has 0 saturated carbocycles. The first kappa shape index (κ1) is 37.1. The lowest BCUT2D eigenvalue weighted by Crippen LogP contribution is -2.50. The zero-order valence-electron chi connectivity index (χ0n) is 25.7. The van der Waals surface area contributed by atoms with Crippen LogP contribution in [0.3, 0.4) is 0 Å². The third kappa shape index (κ3) is 12.5. The van der Waals surface area contributed by atoms with Crippen LogP contribution < -0.4 is 10.6 Å². The Kier molecular flexibility index (Phi) is 16.1. The van der Waals surface area contributed by atoms with Crippen molar-refractivity contribution in [1.29, 1.82) is 0 Å². The van der Waals surface area contributed by atoms with Gasteiger partial charge in [-0.15, -0.1) is 0 Å². The summed E-state index contributed by atoms with van der Waals surface area (Å²) in [7, 11) is 4.12. The average molecular weight is 652 g/mol. The smallest absolute Gasteiger partial charge is 0.407 e. The van der Waals surface area contributed by atoms with E-state index in [9.17, 15) is 9.90 Å². The van der Waals surface area contributed by atoms with Crippen LogP contribution in [0.15, 0.2) is 48.5 Å². The van der Waals surface area contributed by atoms with Crippen molar-refractivity contribution >= 4 is 59.8 Å². The summed E-state index contributed by atoms with van der Waals surface area (Å²) in [5, 5.41) is 18.8. The number of aliphatic hydroxyl groups excluding tert-OH is 1. The molecule has 4 rings (SSSR count). The van der Waals surface area contributed by atoms with Gasteiger partial charge in [0.25, 0.3) is 0 Å². The van der Waals surface area contributed by atoms with Crippen LogP contribution in [0.25, 0.3) is 10.2 Å². The summed E-state index contributed by atoms with van der Waals surface area (Å²) in [5.74, 6) is 0.412. The third-order valence-corrected chi connectivity index (χ3v) is 7.97. The molecule has 43 heavy (non-hydrogen) atoms. The highest BCUT2D eigenvalue weighted by Crippen LogP contribution is 2.27. The number of thiazole rings is 1. The number of anilines is 1. The van der Waals surface area contributed by atoms with E-state index in [2.05, 4.69) is 66.6 Å². The van der Waals surface area contributed by atoms with Crippen molar-refractivity contribution in [2.45, 2.75) is 51.5 Å². The molecule has 12 heteroatoms. The summed E-state index contributed by atoms with van der Waals surface area (Å²) < 4.78 is 12.0. The molecule has 3 atom stereocenters. The molecule has 1 saturated heterocycles. The maximum Gasteiger partial charge on any atom is 0.407 e. The Balaban J connectivity index is 0.00000323. The van der Waals surface area contributed by atoms with E-state index in [1.54, 1.807) is 11.3 Å². The summed E-state index contributed by atoms with van der Waals surface area (Å²) in [6, 6.07) is 15.8. The fraction of sp³-hybridized carbons (Fsp3) is 0.548. The Hall–Kier alpha value is -2.06. The van der Waals surface area contributed by atoms with Gasteiger partial charge in [0, 0.05) is 39.1 Å². The Morgan fingerprint density at radius 3 is 2.58 bits per heavy atom. The van der Waals surface area contributed by atoms with Gasteiger partial charge in [-0.2, -0.15) is 27.0 Å². The van der Waals surface area contributed by atoms with Crippen LogP contribution in [-0.2, 0) is 22.4 Å². The van der Waals surface area contributed by atoms with Crippen molar-refractivity contribution < 1.29 is 19.4 Å². The monoisotopic (exact) mass is 651 g/mol. The first-order valence-corrected chi connectivity index (χ1v) is 15.3. The molecule has 2 aromatic carbocycles. The van der Waals surface area contributed by atoms with Crippen LogP contribution in [0.5, 0.6) is 0 Å². The van der Waals surface area contributed by atoms with E-state index in [0.29, 0.717) is 45.1 Å². The number of nitrogens with zero attached hydrogens (tertiary/aromatic N) is 3. The van der Waals surface area contributed by atoms with Gasteiger partial charge in [0.05, 0.1) is 35.6 Å². The minimum atomic E-state index is -0.791. The Labute approximate surface area is 274 Å². The lowest BCUT2D eigenvalue weighted by Gasteiger charge is -2.31. The standard InChI is InChI=1S/C31H45N5O4S.2H2S/c1-22(2)18-36(19-24-10-11-26-29(17-24)41-30(33-26)32-13-14-35(3)4)20-28(37)27(16-23-8-6-5-7-9-23)34-31(38)40-25-12-15-39-21-25;;/h5-11,17,22,25,27-28,37H,12-16,18-21H2,1-4H3,(H,32,33)(H,34,38);2*1H2. The Morgan fingerprint density at radius 1 is 1.14 bits per heavy atom. The van der Waals surface area contributed by atoms with Crippen LogP contribution in [0.1, 0.15) is 31.4 Å². The summed E-state index contributed by atoms with van der Waals surface area (Å²) in [5.41, 5.74) is 3.20. The molecular formula is C31H49N5O4S3. The molecule has 3 unspecified atom stereocenters. The van der Waals surface area contributed by atoms with Crippen molar-refractivity contribution in [3.63, 3.8) is 0 Å². The van der Waals surface area contributed by atoms with Gasteiger partial charge in [-0.05, 0) is 49.7 Å². The van der Waals surface area contributed by atoms with E-state index >= 15 is 0 Å². The molecule has 9 nitrogen and oxygen atoms in total. The zero-order valence-corrected chi connectivity index (χ0v) is 28.5. The van der Waals surface area contributed by atoms with Crippen molar-refractivity contribution in [3.05, 3.63) is 59.7 Å². The maximum absolute atomic E-state index is 12.8. The number of carbonyl (C=O) groups excluding carboxylic acids is 1. The number of fused-ring (bicyclic) bond motifs is 1. The molecule has 0 bridgehead atoms. The van der Waals surface area contributed by atoms with Crippen LogP contribution in [0.4, 0.5) is 9.93 Å². The predicted molar refractivity (Wildman–Crippen MR) is 186 cm³/mol. The number of benzene rings is 2. The van der Waals surface area contributed by atoms with Gasteiger partial charge in [0.15, 0.2) is 5.13 Å². The third-order valence-electron chi connectivity index (χ3n) is 6.99. The number of likely N-dealkylation sites (N-methyl/N-ethyl adjacent to an activating group) is 1. The first-order chi connectivity index (χ1) is 19.7. The molecule has 1 amide bonds. The molecule has 1 aromatic heterocycles. The number of carbonyl (C=O) groups is 1. The lowest BCUT2D eigenvalue weighted by atomic mass is 10.0. The van der Waals surface area contributed by atoms with Crippen molar-refractivity contribution in [1.82, 2.24) is 20.1 Å². The van der Waals surface area contributed by atoms with Crippen LogP contribution in [0, 0.1) is 5.92 Å². The number of hydrogen-bond donors (Lipinski definition) is 3. The minimum absolute atomic E-state index is 0. The van der Waals surface area contributed by atoms with Crippen molar-refractivity contribution in [2.24, 2.45) is 5.92 Å². The molecule has 0 aliphatic carbocycles. The van der Waals surface area contributed by atoms with Crippen LogP contribution >= 0.6 is 38.3 Å². The molecule has 1 fully saturated rings. The number of rotatable bonds is 15. The fourth-order valence-corrected chi connectivity index (χ4v) is 5.95. The molecule has 3 aromatic rings. The van der Waals surface area contributed by atoms with Gasteiger partial charge in [0.2, 0.25) is 0 Å². The number of amides is 1. The Morgan fingerprint density at radius 2 is 1.91 bits per heavy atom. The molecule has 1 aliphatic heterocycles. The van der Waals surface area contributed by atoms with Crippen LogP contribution in [0.2, 0.25) is 0 Å². The average Bonchev–Trinajstić information content (AvgIpc) is 3.57. The normalized spacial score (nSPS) is 16.1. The van der Waals surface area contributed by atoms with Gasteiger partial charge in [-0.1, -0.05) is 61.6 Å². The zero-order chi connectivity index (χ0) is 29.2. The fourth-order valence-electron chi connectivity index (χ4n) is 4.99. The van der Waals surface area contributed by atoms with Crippen molar-refractivity contribution in [2.75, 3.05) is 58.8 Å². The first-order valence-electron chi connectivity index (χ1n) is 14.5. The second kappa shape index (κ2) is 18.7. The molecule has 2 heterocycles. The van der Waals surface area contributed by atoms with E-state index in [1.807, 2.05) is 30.3 Å². The van der Waals surface area contributed by atoms with Gasteiger partial charge >= 0.3 is 6.09 Å². The summed E-state index contributed by atoms with van der Waals surface area (Å²) >= 11 is 1.66. The quantitative estimate of drug-likeness (QED) is 0.222. The Bertz CT molecular complexity index is 1220. The number of aromatic nitrogens is 1. The van der Waals surface area contributed by atoms with Gasteiger partial charge in [-0.25, -0.2) is 9.78 Å². The maximum atomic E-state index is 12.8. The lowest BCUT2D eigenvalue weighted by molar-refractivity contribution is 0.0531. The highest BCUT2D eigenvalue weighted by atomic mass is 32.1. The van der Waals surface area contributed by atoms with Crippen molar-refractivity contribution in [3.8, 4) is 0 Å². The second-order valence-corrected chi connectivity index (χ2v) is 12.6.